The number of carbonyl (C=O) groups is 2. The third-order valence-electron chi connectivity index (χ3n) is 4.74. The van der Waals surface area contributed by atoms with Crippen LogP contribution in [0.15, 0.2) is 24.3 Å². The molecular weight excluding hydrogens is 278 g/mol. The van der Waals surface area contributed by atoms with Crippen molar-refractivity contribution in [3.8, 4) is 0 Å². The maximum atomic E-state index is 12.7. The highest BCUT2D eigenvalue weighted by molar-refractivity contribution is 5.91. The van der Waals surface area contributed by atoms with Crippen LogP contribution in [0, 0.1) is 0 Å². The van der Waals surface area contributed by atoms with Crippen molar-refractivity contribution in [1.29, 1.82) is 0 Å². The van der Waals surface area contributed by atoms with E-state index in [1.54, 1.807) is 0 Å². The lowest BCUT2D eigenvalue weighted by Crippen LogP contribution is -2.48. The van der Waals surface area contributed by atoms with E-state index in [0.29, 0.717) is 5.92 Å². The lowest BCUT2D eigenvalue weighted by Gasteiger charge is -2.29. The zero-order valence-corrected chi connectivity index (χ0v) is 13.6. The summed E-state index contributed by atoms with van der Waals surface area (Å²) in [4.78, 5) is 23.7. The molecule has 0 heterocycles. The fourth-order valence-corrected chi connectivity index (χ4v) is 3.21. The summed E-state index contributed by atoms with van der Waals surface area (Å²) in [6.07, 6.45) is 3.57. The fourth-order valence-electron chi connectivity index (χ4n) is 3.21. The summed E-state index contributed by atoms with van der Waals surface area (Å²) < 4.78 is 0. The predicted octanol–water partition coefficient (Wildman–Crippen LogP) is 3.21. The Labute approximate surface area is 131 Å². The van der Waals surface area contributed by atoms with E-state index in [1.165, 1.54) is 12.5 Å². The van der Waals surface area contributed by atoms with E-state index >= 15 is 0 Å². The molecule has 0 radical (unpaired) electrons. The van der Waals surface area contributed by atoms with Crippen molar-refractivity contribution in [2.24, 2.45) is 0 Å². The second-order valence-electron chi connectivity index (χ2n) is 6.60. The molecule has 22 heavy (non-hydrogen) atoms. The summed E-state index contributed by atoms with van der Waals surface area (Å²) in [5, 5.41) is 11.7. The van der Waals surface area contributed by atoms with Gasteiger partial charge >= 0.3 is 5.97 Å². The lowest BCUT2D eigenvalue weighted by atomic mass is 9.77. The van der Waals surface area contributed by atoms with E-state index in [2.05, 4.69) is 31.3 Å². The average molecular weight is 303 g/mol. The Morgan fingerprint density at radius 3 is 2.09 bits per heavy atom. The molecule has 1 atom stereocenters. The van der Waals surface area contributed by atoms with Gasteiger partial charge in [0.1, 0.15) is 6.04 Å². The molecule has 1 aromatic carbocycles. The average Bonchev–Trinajstić information content (AvgIpc) is 2.98. The van der Waals surface area contributed by atoms with Crippen LogP contribution in [-0.4, -0.2) is 23.0 Å². The molecule has 2 rings (SSSR count). The fraction of sp³-hybridized carbons (Fsp3) is 0.556. The quantitative estimate of drug-likeness (QED) is 0.877. The van der Waals surface area contributed by atoms with Crippen LogP contribution in [0.5, 0.6) is 0 Å². The first kappa shape index (κ1) is 16.5. The van der Waals surface area contributed by atoms with Gasteiger partial charge in [0.2, 0.25) is 5.91 Å². The first-order valence-corrected chi connectivity index (χ1v) is 8.01. The summed E-state index contributed by atoms with van der Waals surface area (Å²) in [7, 11) is 0. The molecule has 0 aromatic heterocycles. The molecule has 0 unspecified atom stereocenters. The number of amides is 1. The molecule has 1 aliphatic rings. The van der Waals surface area contributed by atoms with E-state index in [-0.39, 0.29) is 5.91 Å². The second kappa shape index (κ2) is 6.51. The minimum absolute atomic E-state index is 0.155. The van der Waals surface area contributed by atoms with Crippen molar-refractivity contribution >= 4 is 11.9 Å². The van der Waals surface area contributed by atoms with Gasteiger partial charge in [-0.3, -0.25) is 9.59 Å². The minimum atomic E-state index is -1.00. The first-order chi connectivity index (χ1) is 10.4. The maximum Gasteiger partial charge on any atom is 0.325 e. The van der Waals surface area contributed by atoms with E-state index < -0.39 is 17.4 Å². The molecule has 2 N–H and O–H groups in total. The summed E-state index contributed by atoms with van der Waals surface area (Å²) in [6, 6.07) is 7.36. The van der Waals surface area contributed by atoms with E-state index in [4.69, 9.17) is 5.11 Å². The van der Waals surface area contributed by atoms with Crippen molar-refractivity contribution < 1.29 is 14.7 Å². The highest BCUT2D eigenvalue weighted by Gasteiger charge is 2.43. The van der Waals surface area contributed by atoms with Gasteiger partial charge in [0.25, 0.3) is 0 Å². The molecule has 0 saturated heterocycles. The molecule has 4 nitrogen and oxygen atoms in total. The smallest absolute Gasteiger partial charge is 0.325 e. The first-order valence-electron chi connectivity index (χ1n) is 8.01. The number of aliphatic carboxylic acids is 1. The SMILES string of the molecule is CC(C)c1ccc(C2(C(=O)N[C@@H](C)C(=O)O)CCCC2)cc1. The zero-order chi connectivity index (χ0) is 16.3. The van der Waals surface area contributed by atoms with Gasteiger partial charge in [-0.2, -0.15) is 0 Å². The molecule has 1 aromatic rings. The Hall–Kier alpha value is -1.84. The number of rotatable bonds is 5. The number of nitrogens with one attached hydrogen (secondary N) is 1. The Morgan fingerprint density at radius 1 is 1.09 bits per heavy atom. The van der Waals surface area contributed by atoms with Crippen LogP contribution >= 0.6 is 0 Å². The summed E-state index contributed by atoms with van der Waals surface area (Å²) >= 11 is 0. The molecule has 1 fully saturated rings. The zero-order valence-electron chi connectivity index (χ0n) is 13.6. The van der Waals surface area contributed by atoms with Crippen molar-refractivity contribution in [3.63, 3.8) is 0 Å². The van der Waals surface area contributed by atoms with Gasteiger partial charge in [-0.25, -0.2) is 0 Å². The van der Waals surface area contributed by atoms with Crippen LogP contribution < -0.4 is 5.32 Å². The number of carbonyl (C=O) groups excluding carboxylic acids is 1. The molecule has 0 bridgehead atoms. The monoisotopic (exact) mass is 303 g/mol. The largest absolute Gasteiger partial charge is 0.480 e. The molecular formula is C18H25NO3. The second-order valence-corrected chi connectivity index (χ2v) is 6.60. The van der Waals surface area contributed by atoms with Gasteiger partial charge in [0.05, 0.1) is 5.41 Å². The van der Waals surface area contributed by atoms with Crippen LogP contribution in [-0.2, 0) is 15.0 Å². The van der Waals surface area contributed by atoms with Crippen molar-refractivity contribution in [2.75, 3.05) is 0 Å². The minimum Gasteiger partial charge on any atom is -0.480 e. The standard InChI is InChI=1S/C18H25NO3/c1-12(2)14-6-8-15(9-7-14)18(10-4-5-11-18)17(22)19-13(3)16(20)21/h6-9,12-13H,4-5,10-11H2,1-3H3,(H,19,22)(H,20,21)/t13-/m0/s1. The summed E-state index contributed by atoms with van der Waals surface area (Å²) in [5.74, 6) is -0.705. The number of carboxylic acids is 1. The Bertz CT molecular complexity index is 542. The number of carboxylic acid groups (broad SMARTS) is 1. The third kappa shape index (κ3) is 3.16. The lowest BCUT2D eigenvalue weighted by molar-refractivity contribution is -0.142. The number of hydrogen-bond acceptors (Lipinski definition) is 2. The highest BCUT2D eigenvalue weighted by atomic mass is 16.4. The molecule has 0 spiro atoms. The van der Waals surface area contributed by atoms with Gasteiger partial charge in [0.15, 0.2) is 0 Å². The normalized spacial score (nSPS) is 18.2. The topological polar surface area (TPSA) is 66.4 Å². The van der Waals surface area contributed by atoms with Gasteiger partial charge in [-0.05, 0) is 36.8 Å². The van der Waals surface area contributed by atoms with Crippen molar-refractivity contribution in [1.82, 2.24) is 5.32 Å². The maximum absolute atomic E-state index is 12.7. The third-order valence-corrected chi connectivity index (χ3v) is 4.74. The molecule has 1 amide bonds. The van der Waals surface area contributed by atoms with Gasteiger partial charge < -0.3 is 10.4 Å². The van der Waals surface area contributed by atoms with E-state index in [1.807, 2.05) is 12.1 Å². The molecule has 1 aliphatic carbocycles. The van der Waals surface area contributed by atoms with E-state index in [0.717, 1.165) is 31.2 Å². The molecule has 1 saturated carbocycles. The molecule has 0 aliphatic heterocycles. The van der Waals surface area contributed by atoms with Gasteiger partial charge in [-0.15, -0.1) is 0 Å². The highest BCUT2D eigenvalue weighted by Crippen LogP contribution is 2.41. The van der Waals surface area contributed by atoms with E-state index in [9.17, 15) is 9.59 Å². The van der Waals surface area contributed by atoms with Crippen LogP contribution in [0.2, 0.25) is 0 Å². The van der Waals surface area contributed by atoms with Crippen LogP contribution in [0.4, 0.5) is 0 Å². The van der Waals surface area contributed by atoms with Crippen molar-refractivity contribution in [3.05, 3.63) is 35.4 Å². The molecule has 120 valence electrons. The van der Waals surface area contributed by atoms with Crippen LogP contribution in [0.1, 0.15) is 63.5 Å². The van der Waals surface area contributed by atoms with Crippen molar-refractivity contribution in [2.45, 2.75) is 63.8 Å². The summed E-state index contributed by atoms with van der Waals surface area (Å²) in [5.41, 5.74) is 1.68. The number of benzene rings is 1. The predicted molar refractivity (Wildman–Crippen MR) is 85.9 cm³/mol. The van der Waals surface area contributed by atoms with Crippen LogP contribution in [0.25, 0.3) is 0 Å². The van der Waals surface area contributed by atoms with Gasteiger partial charge in [-0.1, -0.05) is 51.0 Å². The number of hydrogen-bond donors (Lipinski definition) is 2. The summed E-state index contributed by atoms with van der Waals surface area (Å²) in [6.45, 7) is 5.79. The Morgan fingerprint density at radius 2 is 1.64 bits per heavy atom. The van der Waals surface area contributed by atoms with Gasteiger partial charge in [0, 0.05) is 0 Å². The molecule has 4 heteroatoms. The van der Waals surface area contributed by atoms with Crippen LogP contribution in [0.3, 0.4) is 0 Å². The Kier molecular flexibility index (Phi) is 4.89. The Balaban J connectivity index is 2.28.